The van der Waals surface area contributed by atoms with E-state index >= 15 is 0 Å². The number of carbonyl (C=O) groups excluding carboxylic acids is 2. The lowest BCUT2D eigenvalue weighted by Gasteiger charge is -2.32. The van der Waals surface area contributed by atoms with E-state index in [2.05, 4.69) is 5.32 Å². The van der Waals surface area contributed by atoms with E-state index < -0.39 is 28.5 Å². The van der Waals surface area contributed by atoms with E-state index in [-0.39, 0.29) is 17.3 Å². The molecule has 8 heteroatoms. The molecule has 1 unspecified atom stereocenters. The molecule has 202 valence electrons. The fourth-order valence-corrected chi connectivity index (χ4v) is 5.66. The molecule has 0 heterocycles. The van der Waals surface area contributed by atoms with Crippen LogP contribution in [0.25, 0.3) is 0 Å². The van der Waals surface area contributed by atoms with Gasteiger partial charge in [-0.25, -0.2) is 8.42 Å². The van der Waals surface area contributed by atoms with E-state index in [9.17, 15) is 18.0 Å². The molecule has 3 aromatic rings. The minimum absolute atomic E-state index is 0.0955. The van der Waals surface area contributed by atoms with E-state index in [0.717, 1.165) is 33.0 Å². The molecule has 1 N–H and O–H groups in total. The van der Waals surface area contributed by atoms with Gasteiger partial charge in [-0.2, -0.15) is 0 Å². The Labute approximate surface area is 226 Å². The summed E-state index contributed by atoms with van der Waals surface area (Å²) in [6, 6.07) is 20.5. The highest BCUT2D eigenvalue weighted by atomic mass is 32.2. The van der Waals surface area contributed by atoms with E-state index in [1.807, 2.05) is 64.1 Å². The zero-order valence-corrected chi connectivity index (χ0v) is 23.6. The van der Waals surface area contributed by atoms with Gasteiger partial charge in [-0.05, 0) is 63.4 Å². The Hall–Kier alpha value is -3.65. The van der Waals surface area contributed by atoms with Gasteiger partial charge in [0.05, 0.1) is 10.6 Å². The van der Waals surface area contributed by atoms with Crippen LogP contribution in [-0.4, -0.2) is 44.3 Å². The zero-order valence-electron chi connectivity index (χ0n) is 22.8. The van der Waals surface area contributed by atoms with Gasteiger partial charge in [0, 0.05) is 13.1 Å². The maximum atomic E-state index is 13.9. The second kappa shape index (κ2) is 12.7. The van der Waals surface area contributed by atoms with Crippen molar-refractivity contribution in [2.24, 2.45) is 0 Å². The summed E-state index contributed by atoms with van der Waals surface area (Å²) in [6.07, 6.45) is 0.764. The molecule has 0 radical (unpaired) electrons. The van der Waals surface area contributed by atoms with Crippen LogP contribution in [0.2, 0.25) is 0 Å². The lowest BCUT2D eigenvalue weighted by molar-refractivity contribution is -0.139. The Kier molecular flexibility index (Phi) is 9.69. The molecule has 0 bridgehead atoms. The van der Waals surface area contributed by atoms with Crippen molar-refractivity contribution in [2.75, 3.05) is 17.4 Å². The van der Waals surface area contributed by atoms with Gasteiger partial charge in [0.15, 0.2) is 0 Å². The Bertz CT molecular complexity index is 1370. The lowest BCUT2D eigenvalue weighted by atomic mass is 10.1. The molecule has 7 nitrogen and oxygen atoms in total. The minimum Gasteiger partial charge on any atom is -0.354 e. The van der Waals surface area contributed by atoms with Crippen molar-refractivity contribution in [3.63, 3.8) is 0 Å². The number of hydrogen-bond donors (Lipinski definition) is 1. The minimum atomic E-state index is -4.08. The van der Waals surface area contributed by atoms with Crippen LogP contribution >= 0.6 is 0 Å². The first-order chi connectivity index (χ1) is 18.0. The van der Waals surface area contributed by atoms with Gasteiger partial charge in [0.1, 0.15) is 12.6 Å². The number of para-hydroxylation sites is 1. The standard InChI is InChI=1S/C30H37N3O4S/c1-6-18-31-30(35)25(5)32(20-26-12-9-10-23(3)19-26)29(34)21-33(28-13-8-7-11-24(28)4)38(36,37)27-16-14-22(2)15-17-27/h7-17,19,25H,6,18,20-21H2,1-5H3,(H,31,35). The quantitative estimate of drug-likeness (QED) is 0.384. The highest BCUT2D eigenvalue weighted by molar-refractivity contribution is 7.92. The summed E-state index contributed by atoms with van der Waals surface area (Å²) in [7, 11) is -4.08. The van der Waals surface area contributed by atoms with Crippen molar-refractivity contribution in [3.8, 4) is 0 Å². The number of nitrogens with zero attached hydrogens (tertiary/aromatic N) is 2. The second-order valence-electron chi connectivity index (χ2n) is 9.59. The van der Waals surface area contributed by atoms with Crippen LogP contribution < -0.4 is 9.62 Å². The van der Waals surface area contributed by atoms with Gasteiger partial charge in [-0.15, -0.1) is 0 Å². The van der Waals surface area contributed by atoms with Crippen molar-refractivity contribution in [2.45, 2.75) is 58.5 Å². The molecular weight excluding hydrogens is 498 g/mol. The largest absolute Gasteiger partial charge is 0.354 e. The fourth-order valence-electron chi connectivity index (χ4n) is 4.18. The van der Waals surface area contributed by atoms with Crippen LogP contribution in [0.3, 0.4) is 0 Å². The van der Waals surface area contributed by atoms with Crippen molar-refractivity contribution in [1.82, 2.24) is 10.2 Å². The average Bonchev–Trinajstić information content (AvgIpc) is 2.89. The molecular formula is C30H37N3O4S. The summed E-state index contributed by atoms with van der Waals surface area (Å²) < 4.78 is 28.9. The molecule has 1 atom stereocenters. The van der Waals surface area contributed by atoms with Gasteiger partial charge in [0.25, 0.3) is 10.0 Å². The number of aryl methyl sites for hydroxylation is 3. The van der Waals surface area contributed by atoms with Gasteiger partial charge >= 0.3 is 0 Å². The molecule has 3 aromatic carbocycles. The van der Waals surface area contributed by atoms with Crippen molar-refractivity contribution in [1.29, 1.82) is 0 Å². The number of sulfonamides is 1. The summed E-state index contributed by atoms with van der Waals surface area (Å²) in [5.41, 5.74) is 3.95. The van der Waals surface area contributed by atoms with Crippen LogP contribution in [0.5, 0.6) is 0 Å². The maximum Gasteiger partial charge on any atom is 0.264 e. The number of carbonyl (C=O) groups is 2. The molecule has 0 fully saturated rings. The molecule has 0 spiro atoms. The lowest BCUT2D eigenvalue weighted by Crippen LogP contribution is -2.51. The third-order valence-corrected chi connectivity index (χ3v) is 8.20. The summed E-state index contributed by atoms with van der Waals surface area (Å²) in [4.78, 5) is 28.4. The Morgan fingerprint density at radius 2 is 1.58 bits per heavy atom. The zero-order chi connectivity index (χ0) is 27.9. The molecule has 38 heavy (non-hydrogen) atoms. The second-order valence-corrected chi connectivity index (χ2v) is 11.5. The number of nitrogens with one attached hydrogen (secondary N) is 1. The number of hydrogen-bond acceptors (Lipinski definition) is 4. The smallest absolute Gasteiger partial charge is 0.264 e. The molecule has 0 saturated carbocycles. The first-order valence-electron chi connectivity index (χ1n) is 12.8. The van der Waals surface area contributed by atoms with Gasteiger partial charge in [-0.3, -0.25) is 13.9 Å². The Morgan fingerprint density at radius 1 is 0.895 bits per heavy atom. The first kappa shape index (κ1) is 28.9. The van der Waals surface area contributed by atoms with Crippen LogP contribution in [0, 0.1) is 20.8 Å². The van der Waals surface area contributed by atoms with E-state index in [4.69, 9.17) is 0 Å². The fraction of sp³-hybridized carbons (Fsp3) is 0.333. The van der Waals surface area contributed by atoms with Crippen molar-refractivity contribution in [3.05, 3.63) is 95.1 Å². The molecule has 0 aromatic heterocycles. The summed E-state index contributed by atoms with van der Waals surface area (Å²) in [5.74, 6) is -0.749. The third kappa shape index (κ3) is 7.01. The molecule has 0 aliphatic heterocycles. The van der Waals surface area contributed by atoms with E-state index in [1.165, 1.54) is 4.90 Å². The van der Waals surface area contributed by atoms with Crippen molar-refractivity contribution >= 4 is 27.5 Å². The highest BCUT2D eigenvalue weighted by Gasteiger charge is 2.33. The average molecular weight is 536 g/mol. The number of benzene rings is 3. The van der Waals surface area contributed by atoms with Crippen LogP contribution in [0.4, 0.5) is 5.69 Å². The Balaban J connectivity index is 2.03. The predicted molar refractivity (Wildman–Crippen MR) is 151 cm³/mol. The van der Waals surface area contributed by atoms with E-state index in [0.29, 0.717) is 12.2 Å². The predicted octanol–water partition coefficient (Wildman–Crippen LogP) is 4.75. The van der Waals surface area contributed by atoms with Crippen molar-refractivity contribution < 1.29 is 18.0 Å². The van der Waals surface area contributed by atoms with Gasteiger partial charge in [0.2, 0.25) is 11.8 Å². The number of amides is 2. The maximum absolute atomic E-state index is 13.9. The molecule has 2 amide bonds. The first-order valence-corrected chi connectivity index (χ1v) is 14.3. The number of rotatable bonds is 11. The topological polar surface area (TPSA) is 86.8 Å². The van der Waals surface area contributed by atoms with Crippen LogP contribution in [-0.2, 0) is 26.2 Å². The monoisotopic (exact) mass is 535 g/mol. The number of anilines is 1. The normalized spacial score (nSPS) is 12.0. The SMILES string of the molecule is CCCNC(=O)C(C)N(Cc1cccc(C)c1)C(=O)CN(c1ccccc1C)S(=O)(=O)c1ccc(C)cc1. The van der Waals surface area contributed by atoms with E-state index in [1.54, 1.807) is 43.3 Å². The molecule has 3 rings (SSSR count). The van der Waals surface area contributed by atoms with Gasteiger partial charge in [-0.1, -0.05) is 72.6 Å². The third-order valence-electron chi connectivity index (χ3n) is 6.42. The molecule has 0 aliphatic carbocycles. The van der Waals surface area contributed by atoms with Crippen LogP contribution in [0.1, 0.15) is 42.5 Å². The Morgan fingerprint density at radius 3 is 2.21 bits per heavy atom. The molecule has 0 aliphatic rings. The highest BCUT2D eigenvalue weighted by Crippen LogP contribution is 2.27. The molecule has 0 saturated heterocycles. The summed E-state index contributed by atoms with van der Waals surface area (Å²) in [6.45, 7) is 9.50. The summed E-state index contributed by atoms with van der Waals surface area (Å²) >= 11 is 0. The van der Waals surface area contributed by atoms with Gasteiger partial charge < -0.3 is 10.2 Å². The summed E-state index contributed by atoms with van der Waals surface area (Å²) in [5, 5.41) is 2.86. The van der Waals surface area contributed by atoms with Crippen LogP contribution in [0.15, 0.2) is 77.7 Å².